The fraction of sp³-hybridized carbons (Fsp3) is 0.361. The molecule has 9 nitrogen and oxygen atoms in total. The number of hydrogen-bond donors (Lipinski definition) is 9. The lowest BCUT2D eigenvalue weighted by Gasteiger charge is -2.18. The van der Waals surface area contributed by atoms with Gasteiger partial charge in [0.1, 0.15) is 51.7 Å². The molecule has 0 spiro atoms. The highest BCUT2D eigenvalue weighted by atomic mass is 16.3. The van der Waals surface area contributed by atoms with Crippen LogP contribution in [0.4, 0.5) is 0 Å². The zero-order valence-electron chi connectivity index (χ0n) is 72.4. The van der Waals surface area contributed by atoms with E-state index in [0.717, 1.165) is 65.0 Å². The summed E-state index contributed by atoms with van der Waals surface area (Å²) in [5.41, 5.74) is 7.14. The van der Waals surface area contributed by atoms with Gasteiger partial charge in [-0.15, -0.1) is 0 Å². The molecular formula is C97H148O9. The second kappa shape index (κ2) is 72.1. The number of phenolic OH excluding ortho intramolecular Hbond substituents is 9. The van der Waals surface area contributed by atoms with E-state index >= 15 is 0 Å². The molecule has 0 fully saturated rings. The van der Waals surface area contributed by atoms with Crippen LogP contribution in [0.25, 0.3) is 53.9 Å². The van der Waals surface area contributed by atoms with Gasteiger partial charge in [0.05, 0.1) is 0 Å². The monoisotopic (exact) mass is 1460 g/mol. The first-order valence-corrected chi connectivity index (χ1v) is 39.0. The summed E-state index contributed by atoms with van der Waals surface area (Å²) in [7, 11) is 0. The topological polar surface area (TPSA) is 182 Å². The van der Waals surface area contributed by atoms with Gasteiger partial charge in [0.25, 0.3) is 0 Å². The van der Waals surface area contributed by atoms with Crippen LogP contribution < -0.4 is 0 Å². The molecule has 590 valence electrons. The lowest BCUT2D eigenvalue weighted by atomic mass is 9.87. The van der Waals surface area contributed by atoms with Gasteiger partial charge >= 0.3 is 0 Å². The van der Waals surface area contributed by atoms with Crippen molar-refractivity contribution in [3.63, 3.8) is 0 Å². The Morgan fingerprint density at radius 2 is 0.415 bits per heavy atom. The summed E-state index contributed by atoms with van der Waals surface area (Å²) in [4.78, 5) is 0. The lowest BCUT2D eigenvalue weighted by Crippen LogP contribution is -2.10. The Bertz CT molecular complexity index is 3750. The number of phenols is 9. The molecule has 0 heterocycles. The van der Waals surface area contributed by atoms with Crippen molar-refractivity contribution in [3.05, 3.63) is 258 Å². The Kier molecular flexibility index (Phi) is 76.2. The fourth-order valence-electron chi connectivity index (χ4n) is 8.48. The molecule has 0 radical (unpaired) electrons. The van der Waals surface area contributed by atoms with Crippen LogP contribution in [0.2, 0.25) is 0 Å². The summed E-state index contributed by atoms with van der Waals surface area (Å²) in [6, 6.07) is 67.5. The Labute approximate surface area is 646 Å². The van der Waals surface area contributed by atoms with Gasteiger partial charge in [-0.05, 0) is 207 Å². The van der Waals surface area contributed by atoms with Crippen molar-refractivity contribution in [2.24, 2.45) is 0 Å². The van der Waals surface area contributed by atoms with Gasteiger partial charge in [0, 0.05) is 10.8 Å². The van der Waals surface area contributed by atoms with E-state index in [-0.39, 0.29) is 28.4 Å². The first-order chi connectivity index (χ1) is 51.1. The van der Waals surface area contributed by atoms with Crippen LogP contribution in [0.15, 0.2) is 224 Å². The predicted octanol–water partition coefficient (Wildman–Crippen LogP) is 31.1. The third-order valence-corrected chi connectivity index (χ3v) is 13.6. The molecule has 106 heavy (non-hydrogen) atoms. The molecule has 12 aromatic rings. The van der Waals surface area contributed by atoms with E-state index in [9.17, 15) is 15.3 Å². The van der Waals surface area contributed by atoms with Gasteiger partial charge in [-0.25, -0.2) is 0 Å². The first-order valence-electron chi connectivity index (χ1n) is 39.0. The van der Waals surface area contributed by atoms with E-state index in [0.29, 0.717) is 28.7 Å². The Balaban J connectivity index is -0.000000167. The number of fused-ring (bicyclic) bond motifs is 5. The van der Waals surface area contributed by atoms with Gasteiger partial charge in [-0.1, -0.05) is 334 Å². The molecule has 0 saturated carbocycles. The van der Waals surface area contributed by atoms with E-state index in [1.807, 2.05) is 321 Å². The predicted molar refractivity (Wildman–Crippen MR) is 478 cm³/mol. The fourth-order valence-corrected chi connectivity index (χ4v) is 8.48. The van der Waals surface area contributed by atoms with Crippen LogP contribution in [0, 0.1) is 34.6 Å². The van der Waals surface area contributed by atoms with Crippen LogP contribution in [0.3, 0.4) is 0 Å². The summed E-state index contributed by atoms with van der Waals surface area (Å²) < 4.78 is 0. The average molecular weight is 1460 g/mol. The molecule has 12 rings (SSSR count). The molecule has 0 bridgehead atoms. The minimum absolute atomic E-state index is 0.174. The molecule has 0 saturated heterocycles. The highest BCUT2D eigenvalue weighted by molar-refractivity contribution is 5.90. The highest BCUT2D eigenvalue weighted by Crippen LogP contribution is 2.32. The lowest BCUT2D eigenvalue weighted by molar-refractivity contribution is 0.465. The summed E-state index contributed by atoms with van der Waals surface area (Å²) in [5, 5.41) is 93.1. The molecule has 0 aliphatic carbocycles. The van der Waals surface area contributed by atoms with Gasteiger partial charge in [-0.3, -0.25) is 0 Å². The summed E-state index contributed by atoms with van der Waals surface area (Å²) >= 11 is 0. The van der Waals surface area contributed by atoms with E-state index in [2.05, 4.69) is 41.5 Å². The molecule has 9 N–H and O–H groups in total. The van der Waals surface area contributed by atoms with Crippen LogP contribution >= 0.6 is 0 Å². The minimum atomic E-state index is 0.174. The molecule has 0 amide bonds. The number of rotatable bonds is 0. The van der Waals surface area contributed by atoms with Gasteiger partial charge < -0.3 is 46.0 Å². The van der Waals surface area contributed by atoms with Crippen LogP contribution in [-0.2, 0) is 5.41 Å². The molecule has 9 heteroatoms. The second-order valence-electron chi connectivity index (χ2n) is 20.2. The maximum absolute atomic E-state index is 9.69. The molecule has 0 aliphatic heterocycles. The Morgan fingerprint density at radius 1 is 0.189 bits per heavy atom. The third kappa shape index (κ3) is 44.1. The van der Waals surface area contributed by atoms with E-state index in [4.69, 9.17) is 30.6 Å². The van der Waals surface area contributed by atoms with Gasteiger partial charge in [-0.2, -0.15) is 0 Å². The van der Waals surface area contributed by atoms with Crippen molar-refractivity contribution in [1.82, 2.24) is 0 Å². The van der Waals surface area contributed by atoms with Crippen molar-refractivity contribution in [2.45, 2.75) is 241 Å². The summed E-state index contributed by atoms with van der Waals surface area (Å²) in [5.74, 6) is 2.67. The Hall–Kier alpha value is -9.86. The van der Waals surface area contributed by atoms with Crippen molar-refractivity contribution < 1.29 is 46.0 Å². The quantitative estimate of drug-likeness (QED) is 0.0714. The Morgan fingerprint density at radius 3 is 0.736 bits per heavy atom. The first kappa shape index (κ1) is 112. The maximum atomic E-state index is 9.69. The molecular weight excluding hydrogens is 1310 g/mol. The van der Waals surface area contributed by atoms with Crippen molar-refractivity contribution >= 4 is 53.9 Å². The number of hydrogen-bond acceptors (Lipinski definition) is 9. The largest absolute Gasteiger partial charge is 0.508 e. The van der Waals surface area contributed by atoms with E-state index in [1.165, 1.54) is 22.3 Å². The summed E-state index contributed by atoms with van der Waals surface area (Å²) in [6.07, 6.45) is 0. The highest BCUT2D eigenvalue weighted by Gasteiger charge is 2.13. The van der Waals surface area contributed by atoms with Crippen LogP contribution in [0.1, 0.15) is 234 Å². The standard InChI is InChI=1S/C11H16O.2C10H8O2.3C10H8O.C10H14O.13C2H6/c1-6-7(2)9(4)11(12)10(5)8(6)3;11-9-3-1-7-2-4-10(12)6-8(7)5-9;11-8-4-5-9-7(6-8)2-1-3-10(9)12;11-10-7-3-5-8-4-1-2-6-9(8)10;2*11-10-6-5-8-3-1-2-4-9(8)7-10;1-10(2,3)8-4-6-9(11)7-5-8;13*1-2/h12H,1-5H3;2*1-6,11-12H;3*1-7,11H;4-7,11H,1-3H3;13*1-2H3. The third-order valence-electron chi connectivity index (χ3n) is 13.6. The molecule has 0 atom stereocenters. The number of benzene rings is 12. The molecule has 12 aromatic carbocycles. The molecule has 0 aliphatic rings. The smallest absolute Gasteiger partial charge is 0.123 e. The zero-order chi connectivity index (χ0) is 84.1. The molecule has 0 unspecified atom stereocenters. The van der Waals surface area contributed by atoms with Gasteiger partial charge in [0.15, 0.2) is 0 Å². The summed E-state index contributed by atoms with van der Waals surface area (Å²) in [6.45, 7) is 68.6. The van der Waals surface area contributed by atoms with Crippen molar-refractivity contribution in [2.75, 3.05) is 0 Å². The minimum Gasteiger partial charge on any atom is -0.508 e. The zero-order valence-corrected chi connectivity index (χ0v) is 72.4. The molecule has 0 aromatic heterocycles. The number of aromatic hydroxyl groups is 9. The van der Waals surface area contributed by atoms with Gasteiger partial charge in [0.2, 0.25) is 0 Å². The van der Waals surface area contributed by atoms with E-state index in [1.54, 1.807) is 97.1 Å². The van der Waals surface area contributed by atoms with Crippen LogP contribution in [-0.4, -0.2) is 46.0 Å². The van der Waals surface area contributed by atoms with Crippen LogP contribution in [0.5, 0.6) is 51.7 Å². The maximum Gasteiger partial charge on any atom is 0.123 e. The average Bonchev–Trinajstić information content (AvgIpc) is 0.762. The van der Waals surface area contributed by atoms with E-state index < -0.39 is 0 Å². The SMILES string of the molecule is CC.CC.CC.CC.CC.CC.CC.CC.CC.CC.CC.CC.CC.CC(C)(C)c1ccc(O)cc1.Cc1c(C)c(C)c(O)c(C)c1C.Oc1ccc2c(O)cccc2c1.Oc1ccc2ccc(O)cc2c1.Oc1ccc2ccccc2c1.Oc1ccc2ccccc2c1.Oc1cccc2ccccc12. The second-order valence-corrected chi connectivity index (χ2v) is 20.2. The van der Waals surface area contributed by atoms with Crippen molar-refractivity contribution in [1.29, 1.82) is 0 Å². The van der Waals surface area contributed by atoms with Crippen molar-refractivity contribution in [3.8, 4) is 51.7 Å². The normalized spacial score (nSPS) is 8.62.